The lowest BCUT2D eigenvalue weighted by Gasteiger charge is -2.35. The van der Waals surface area contributed by atoms with Crippen molar-refractivity contribution in [2.24, 2.45) is 0 Å². The van der Waals surface area contributed by atoms with Gasteiger partial charge in [-0.25, -0.2) is 9.59 Å². The van der Waals surface area contributed by atoms with Gasteiger partial charge in [-0.15, -0.1) is 0 Å². The number of ether oxygens (including phenoxy) is 1. The quantitative estimate of drug-likeness (QED) is 0.490. The number of hydrogen-bond donors (Lipinski definition) is 4. The number of rotatable bonds is 6. The maximum Gasteiger partial charge on any atom is 0.408 e. The van der Waals surface area contributed by atoms with Gasteiger partial charge < -0.3 is 26.0 Å². The van der Waals surface area contributed by atoms with E-state index in [4.69, 9.17) is 4.74 Å². The third kappa shape index (κ3) is 7.73. The van der Waals surface area contributed by atoms with E-state index < -0.39 is 17.2 Å². The Bertz CT molecular complexity index is 804. The minimum Gasteiger partial charge on any atom is -0.444 e. The van der Waals surface area contributed by atoms with Crippen LogP contribution >= 0.6 is 0 Å². The molecule has 0 radical (unpaired) electrons. The smallest absolute Gasteiger partial charge is 0.408 e. The molecule has 176 valence electrons. The molecule has 2 aliphatic carbocycles. The van der Waals surface area contributed by atoms with Crippen molar-refractivity contribution >= 4 is 23.7 Å². The van der Waals surface area contributed by atoms with Crippen molar-refractivity contribution in [1.82, 2.24) is 16.0 Å². The van der Waals surface area contributed by atoms with E-state index in [-0.39, 0.29) is 18.0 Å². The lowest BCUT2D eigenvalue weighted by Crippen LogP contribution is -2.56. The van der Waals surface area contributed by atoms with Gasteiger partial charge in [-0.1, -0.05) is 25.7 Å². The number of nitrogens with one attached hydrogen (secondary N) is 4. The number of carbonyl (C=O) groups excluding carboxylic acids is 3. The molecule has 3 rings (SSSR count). The molecule has 4 N–H and O–H groups in total. The van der Waals surface area contributed by atoms with Gasteiger partial charge in [0.1, 0.15) is 5.60 Å². The van der Waals surface area contributed by atoms with Crippen LogP contribution in [-0.2, 0) is 4.74 Å². The summed E-state index contributed by atoms with van der Waals surface area (Å²) in [7, 11) is 0. The molecular formula is C24H36N4O4. The van der Waals surface area contributed by atoms with Crippen molar-refractivity contribution in [3.8, 4) is 0 Å². The highest BCUT2D eigenvalue weighted by Crippen LogP contribution is 2.27. The van der Waals surface area contributed by atoms with Gasteiger partial charge >= 0.3 is 12.1 Å². The SMILES string of the molecule is CC(C)(C)OC(=O)NC1(CNC(=O)c2ccc(NC(=O)NC3CC3)cc2)CCCCCC1. The molecule has 0 spiro atoms. The van der Waals surface area contributed by atoms with E-state index in [0.717, 1.165) is 51.4 Å². The summed E-state index contributed by atoms with van der Waals surface area (Å²) in [5.41, 5.74) is 0.0345. The zero-order valence-corrected chi connectivity index (χ0v) is 19.4. The highest BCUT2D eigenvalue weighted by Gasteiger charge is 2.34. The molecule has 4 amide bonds. The Morgan fingerprint density at radius 2 is 1.62 bits per heavy atom. The first-order valence-electron chi connectivity index (χ1n) is 11.6. The van der Waals surface area contributed by atoms with Crippen LogP contribution in [0.2, 0.25) is 0 Å². The van der Waals surface area contributed by atoms with E-state index >= 15 is 0 Å². The summed E-state index contributed by atoms with van der Waals surface area (Å²) in [6, 6.07) is 6.84. The van der Waals surface area contributed by atoms with Gasteiger partial charge in [0.25, 0.3) is 5.91 Å². The summed E-state index contributed by atoms with van der Waals surface area (Å²) >= 11 is 0. The van der Waals surface area contributed by atoms with Gasteiger partial charge in [0.05, 0.1) is 5.54 Å². The van der Waals surface area contributed by atoms with Crippen LogP contribution in [0.3, 0.4) is 0 Å². The highest BCUT2D eigenvalue weighted by molar-refractivity contribution is 5.95. The van der Waals surface area contributed by atoms with Crippen molar-refractivity contribution in [3.05, 3.63) is 29.8 Å². The van der Waals surface area contributed by atoms with Crippen molar-refractivity contribution < 1.29 is 19.1 Å². The molecule has 0 bridgehead atoms. The monoisotopic (exact) mass is 444 g/mol. The van der Waals surface area contributed by atoms with Crippen molar-refractivity contribution in [1.29, 1.82) is 0 Å². The number of anilines is 1. The number of hydrogen-bond acceptors (Lipinski definition) is 4. The fourth-order valence-corrected chi connectivity index (χ4v) is 3.91. The minimum absolute atomic E-state index is 0.214. The second kappa shape index (κ2) is 10.2. The number of amides is 4. The summed E-state index contributed by atoms with van der Waals surface area (Å²) in [4.78, 5) is 37.1. The van der Waals surface area contributed by atoms with Crippen molar-refractivity contribution in [3.63, 3.8) is 0 Å². The molecule has 2 fully saturated rings. The van der Waals surface area contributed by atoms with Crippen molar-refractivity contribution in [2.75, 3.05) is 11.9 Å². The molecule has 0 atom stereocenters. The molecule has 0 aromatic heterocycles. The van der Waals surface area contributed by atoms with Crippen LogP contribution < -0.4 is 21.3 Å². The molecule has 1 aromatic carbocycles. The number of urea groups is 1. The summed E-state index contributed by atoms with van der Waals surface area (Å²) in [5, 5.41) is 11.7. The Kier molecular flexibility index (Phi) is 7.64. The van der Waals surface area contributed by atoms with E-state index in [1.807, 2.05) is 20.8 Å². The number of alkyl carbamates (subject to hydrolysis) is 1. The molecule has 2 aliphatic rings. The normalized spacial score (nSPS) is 18.1. The lowest BCUT2D eigenvalue weighted by molar-refractivity contribution is 0.0437. The summed E-state index contributed by atoms with van der Waals surface area (Å²) in [5.74, 6) is -0.214. The standard InChI is InChI=1S/C24H36N4O4/c1-23(2,3)32-22(31)28-24(14-6-4-5-7-15-24)16-25-20(29)17-8-10-18(11-9-17)26-21(30)27-19-12-13-19/h8-11,19H,4-7,12-16H2,1-3H3,(H,25,29)(H,28,31)(H2,26,27,30). The van der Waals surface area contributed by atoms with Crippen LogP contribution in [0.15, 0.2) is 24.3 Å². The van der Waals surface area contributed by atoms with Gasteiger partial charge in [-0.3, -0.25) is 4.79 Å². The number of benzene rings is 1. The first-order valence-corrected chi connectivity index (χ1v) is 11.6. The molecule has 32 heavy (non-hydrogen) atoms. The van der Waals surface area contributed by atoms with Crippen LogP contribution in [0.1, 0.15) is 82.5 Å². The maximum absolute atomic E-state index is 12.8. The predicted molar refractivity (Wildman–Crippen MR) is 124 cm³/mol. The van der Waals surface area contributed by atoms with Crippen LogP contribution in [0.25, 0.3) is 0 Å². The second-order valence-corrected chi connectivity index (χ2v) is 9.95. The van der Waals surface area contributed by atoms with Crippen LogP contribution in [0.4, 0.5) is 15.3 Å². The highest BCUT2D eigenvalue weighted by atomic mass is 16.6. The van der Waals surface area contributed by atoms with Gasteiger partial charge in [-0.2, -0.15) is 0 Å². The molecule has 8 heteroatoms. The van der Waals surface area contributed by atoms with Gasteiger partial charge in [0.15, 0.2) is 0 Å². The Hall–Kier alpha value is -2.77. The fraction of sp³-hybridized carbons (Fsp3) is 0.625. The first-order chi connectivity index (χ1) is 15.1. The van der Waals surface area contributed by atoms with Crippen LogP contribution in [0.5, 0.6) is 0 Å². The molecule has 2 saturated carbocycles. The molecule has 0 aliphatic heterocycles. The van der Waals surface area contributed by atoms with E-state index in [1.165, 1.54) is 0 Å². The Morgan fingerprint density at radius 1 is 1.00 bits per heavy atom. The third-order valence-corrected chi connectivity index (χ3v) is 5.73. The van der Waals surface area contributed by atoms with Crippen LogP contribution in [-0.4, -0.2) is 41.8 Å². The summed E-state index contributed by atoms with van der Waals surface area (Å²) in [6.45, 7) is 5.85. The Labute approximate surface area is 190 Å². The largest absolute Gasteiger partial charge is 0.444 e. The Balaban J connectivity index is 1.57. The maximum atomic E-state index is 12.8. The zero-order chi connectivity index (χ0) is 23.2. The molecular weight excluding hydrogens is 408 g/mol. The lowest BCUT2D eigenvalue weighted by atomic mass is 9.90. The fourth-order valence-electron chi connectivity index (χ4n) is 3.91. The molecule has 8 nitrogen and oxygen atoms in total. The summed E-state index contributed by atoms with van der Waals surface area (Å²) < 4.78 is 5.47. The van der Waals surface area contributed by atoms with Gasteiger partial charge in [0, 0.05) is 23.8 Å². The Morgan fingerprint density at radius 3 is 2.19 bits per heavy atom. The van der Waals surface area contributed by atoms with E-state index in [0.29, 0.717) is 17.8 Å². The zero-order valence-electron chi connectivity index (χ0n) is 19.4. The molecule has 0 unspecified atom stereocenters. The average Bonchev–Trinajstić information content (AvgIpc) is 3.53. The average molecular weight is 445 g/mol. The van der Waals surface area contributed by atoms with E-state index in [2.05, 4.69) is 21.3 Å². The van der Waals surface area contributed by atoms with E-state index in [9.17, 15) is 14.4 Å². The predicted octanol–water partition coefficient (Wildman–Crippen LogP) is 4.32. The second-order valence-electron chi connectivity index (χ2n) is 9.95. The minimum atomic E-state index is -0.579. The molecule has 1 aromatic rings. The molecule has 0 heterocycles. The van der Waals surface area contributed by atoms with E-state index in [1.54, 1.807) is 24.3 Å². The third-order valence-electron chi connectivity index (χ3n) is 5.73. The van der Waals surface area contributed by atoms with Gasteiger partial charge in [0.2, 0.25) is 0 Å². The van der Waals surface area contributed by atoms with Crippen molar-refractivity contribution in [2.45, 2.75) is 89.3 Å². The van der Waals surface area contributed by atoms with Crippen LogP contribution in [0, 0.1) is 0 Å². The first kappa shape index (κ1) is 23.9. The molecule has 0 saturated heterocycles. The number of carbonyl (C=O) groups is 3. The topological polar surface area (TPSA) is 109 Å². The van der Waals surface area contributed by atoms with Gasteiger partial charge in [-0.05, 0) is 70.7 Å². The summed E-state index contributed by atoms with van der Waals surface area (Å²) in [6.07, 6.45) is 7.42.